The summed E-state index contributed by atoms with van der Waals surface area (Å²) in [6.45, 7) is 2.52. The van der Waals surface area contributed by atoms with E-state index >= 15 is 0 Å². The molecule has 0 saturated heterocycles. The quantitative estimate of drug-likeness (QED) is 0.220. The van der Waals surface area contributed by atoms with Gasteiger partial charge in [-0.2, -0.15) is 0 Å². The first-order valence-corrected chi connectivity index (χ1v) is 8.25. The van der Waals surface area contributed by atoms with Gasteiger partial charge in [0.05, 0.1) is 6.61 Å². The maximum atomic E-state index is 12.4. The molecule has 2 aromatic carbocycles. The van der Waals surface area contributed by atoms with E-state index in [0.29, 0.717) is 11.3 Å². The van der Waals surface area contributed by atoms with Crippen molar-refractivity contribution in [3.05, 3.63) is 60.2 Å². The number of rotatable bonds is 9. The summed E-state index contributed by atoms with van der Waals surface area (Å²) in [7, 11) is 0. The molecular formula is C20H20O7. The van der Waals surface area contributed by atoms with Crippen LogP contribution < -0.4 is 9.47 Å². The summed E-state index contributed by atoms with van der Waals surface area (Å²) >= 11 is 0. The maximum Gasteiger partial charge on any atom is 0.308 e. The number of benzene rings is 2. The molecule has 0 spiro atoms. The van der Waals surface area contributed by atoms with E-state index in [1.54, 1.807) is 54.6 Å². The van der Waals surface area contributed by atoms with Gasteiger partial charge in [-0.15, -0.1) is 0 Å². The number of ketones is 1. The zero-order valence-electron chi connectivity index (χ0n) is 15.0. The van der Waals surface area contributed by atoms with Crippen LogP contribution in [0.5, 0.6) is 11.5 Å². The van der Waals surface area contributed by atoms with Gasteiger partial charge < -0.3 is 18.9 Å². The normalized spacial score (nSPS) is 11.3. The van der Waals surface area contributed by atoms with Gasteiger partial charge in [-0.05, 0) is 12.1 Å². The summed E-state index contributed by atoms with van der Waals surface area (Å²) in [6, 6.07) is 15.0. The smallest absolute Gasteiger partial charge is 0.308 e. The fourth-order valence-electron chi connectivity index (χ4n) is 2.17. The van der Waals surface area contributed by atoms with E-state index in [2.05, 4.69) is 0 Å². The molecule has 7 nitrogen and oxygen atoms in total. The number of para-hydroxylation sites is 2. The van der Waals surface area contributed by atoms with Crippen molar-refractivity contribution in [2.24, 2.45) is 0 Å². The first kappa shape index (κ1) is 20.1. The second-order valence-corrected chi connectivity index (χ2v) is 5.43. The van der Waals surface area contributed by atoms with Crippen LogP contribution in [-0.2, 0) is 19.1 Å². The average molecular weight is 372 g/mol. The number of carbonyl (C=O) groups is 3. The highest BCUT2D eigenvalue weighted by Gasteiger charge is 2.23. The van der Waals surface area contributed by atoms with Crippen LogP contribution in [0.4, 0.5) is 0 Å². The molecular weight excluding hydrogens is 352 g/mol. The van der Waals surface area contributed by atoms with Gasteiger partial charge in [0.1, 0.15) is 6.61 Å². The van der Waals surface area contributed by atoms with Crippen molar-refractivity contribution in [1.29, 1.82) is 0 Å². The molecule has 142 valence electrons. The van der Waals surface area contributed by atoms with Gasteiger partial charge in [-0.3, -0.25) is 14.4 Å². The SMILES string of the molecule is CC(=O)Oc1ccccc1OCCOC(OC(C)=O)C(=O)c1ccccc1. The summed E-state index contributed by atoms with van der Waals surface area (Å²) < 4.78 is 20.9. The molecule has 0 amide bonds. The minimum Gasteiger partial charge on any atom is -0.487 e. The van der Waals surface area contributed by atoms with Crippen molar-refractivity contribution in [2.45, 2.75) is 20.1 Å². The summed E-state index contributed by atoms with van der Waals surface area (Å²) in [6.07, 6.45) is -1.36. The highest BCUT2D eigenvalue weighted by Crippen LogP contribution is 2.26. The Morgan fingerprint density at radius 3 is 2.07 bits per heavy atom. The maximum absolute atomic E-state index is 12.4. The van der Waals surface area contributed by atoms with Crippen molar-refractivity contribution in [3.63, 3.8) is 0 Å². The molecule has 0 N–H and O–H groups in total. The Hall–Kier alpha value is -3.19. The lowest BCUT2D eigenvalue weighted by Crippen LogP contribution is -2.31. The van der Waals surface area contributed by atoms with E-state index in [1.165, 1.54) is 13.8 Å². The Morgan fingerprint density at radius 1 is 0.815 bits per heavy atom. The van der Waals surface area contributed by atoms with Crippen molar-refractivity contribution >= 4 is 17.7 Å². The molecule has 0 heterocycles. The second-order valence-electron chi connectivity index (χ2n) is 5.43. The molecule has 27 heavy (non-hydrogen) atoms. The van der Waals surface area contributed by atoms with Gasteiger partial charge in [0.15, 0.2) is 11.5 Å². The zero-order chi connectivity index (χ0) is 19.6. The highest BCUT2D eigenvalue weighted by molar-refractivity contribution is 5.99. The zero-order valence-corrected chi connectivity index (χ0v) is 15.0. The third-order valence-corrected chi connectivity index (χ3v) is 3.26. The van der Waals surface area contributed by atoms with Crippen LogP contribution in [0.3, 0.4) is 0 Å². The lowest BCUT2D eigenvalue weighted by molar-refractivity contribution is -0.167. The molecule has 0 saturated carbocycles. The molecule has 0 aromatic heterocycles. The first-order chi connectivity index (χ1) is 13.0. The van der Waals surface area contributed by atoms with Crippen LogP contribution in [0, 0.1) is 0 Å². The number of ether oxygens (including phenoxy) is 4. The minimum absolute atomic E-state index is 0.0229. The van der Waals surface area contributed by atoms with Crippen LogP contribution in [0.25, 0.3) is 0 Å². The summed E-state index contributed by atoms with van der Waals surface area (Å²) in [5.74, 6) is -0.932. The molecule has 1 atom stereocenters. The molecule has 2 aromatic rings. The molecule has 0 bridgehead atoms. The number of hydrogen-bond donors (Lipinski definition) is 0. The summed E-state index contributed by atoms with van der Waals surface area (Å²) in [4.78, 5) is 34.8. The van der Waals surface area contributed by atoms with Gasteiger partial charge in [0, 0.05) is 19.4 Å². The van der Waals surface area contributed by atoms with E-state index < -0.39 is 24.0 Å². The van der Waals surface area contributed by atoms with E-state index in [4.69, 9.17) is 18.9 Å². The number of esters is 2. The van der Waals surface area contributed by atoms with Crippen molar-refractivity contribution < 1.29 is 33.3 Å². The molecule has 0 aliphatic rings. The van der Waals surface area contributed by atoms with Crippen LogP contribution in [0.1, 0.15) is 24.2 Å². The molecule has 0 aliphatic heterocycles. The Labute approximate surface area is 156 Å². The summed E-state index contributed by atoms with van der Waals surface area (Å²) in [5.41, 5.74) is 0.366. The van der Waals surface area contributed by atoms with Gasteiger partial charge in [-0.1, -0.05) is 42.5 Å². The Morgan fingerprint density at radius 2 is 1.44 bits per heavy atom. The van der Waals surface area contributed by atoms with Gasteiger partial charge in [-0.25, -0.2) is 0 Å². The van der Waals surface area contributed by atoms with Crippen molar-refractivity contribution in [1.82, 2.24) is 0 Å². The highest BCUT2D eigenvalue weighted by atomic mass is 16.7. The van der Waals surface area contributed by atoms with E-state index in [-0.39, 0.29) is 19.0 Å². The van der Waals surface area contributed by atoms with Crippen molar-refractivity contribution in [3.8, 4) is 11.5 Å². The second kappa shape index (κ2) is 10.1. The molecule has 7 heteroatoms. The lowest BCUT2D eigenvalue weighted by Gasteiger charge is -2.17. The third kappa shape index (κ3) is 6.56. The fourth-order valence-corrected chi connectivity index (χ4v) is 2.17. The van der Waals surface area contributed by atoms with E-state index in [1.807, 2.05) is 0 Å². The van der Waals surface area contributed by atoms with Crippen molar-refractivity contribution in [2.75, 3.05) is 13.2 Å². The van der Waals surface area contributed by atoms with E-state index in [0.717, 1.165) is 0 Å². The molecule has 2 rings (SSSR count). The first-order valence-electron chi connectivity index (χ1n) is 8.25. The standard InChI is InChI=1S/C20H20O7/c1-14(21)26-18-11-7-6-10-17(18)24-12-13-25-20(27-15(2)22)19(23)16-8-4-3-5-9-16/h3-11,20H,12-13H2,1-2H3. The Kier molecular flexibility index (Phi) is 7.51. The van der Waals surface area contributed by atoms with Gasteiger partial charge in [0.2, 0.25) is 5.78 Å². The Balaban J connectivity index is 1.93. The van der Waals surface area contributed by atoms with Gasteiger partial charge in [0.25, 0.3) is 6.29 Å². The van der Waals surface area contributed by atoms with Crippen LogP contribution in [0.15, 0.2) is 54.6 Å². The Bertz CT molecular complexity index is 786. The number of Topliss-reactive ketones (excluding diaryl/α,β-unsaturated/α-hetero) is 1. The molecule has 0 radical (unpaired) electrons. The number of carbonyl (C=O) groups excluding carboxylic acids is 3. The van der Waals surface area contributed by atoms with E-state index in [9.17, 15) is 14.4 Å². The minimum atomic E-state index is -1.36. The third-order valence-electron chi connectivity index (χ3n) is 3.26. The van der Waals surface area contributed by atoms with Crippen LogP contribution in [0.2, 0.25) is 0 Å². The predicted octanol–water partition coefficient (Wildman–Crippen LogP) is 2.78. The van der Waals surface area contributed by atoms with Crippen LogP contribution in [-0.4, -0.2) is 37.2 Å². The predicted molar refractivity (Wildman–Crippen MR) is 95.5 cm³/mol. The number of hydrogen-bond acceptors (Lipinski definition) is 7. The largest absolute Gasteiger partial charge is 0.487 e. The van der Waals surface area contributed by atoms with Crippen LogP contribution >= 0.6 is 0 Å². The molecule has 0 aliphatic carbocycles. The molecule has 0 fully saturated rings. The topological polar surface area (TPSA) is 88.1 Å². The summed E-state index contributed by atoms with van der Waals surface area (Å²) in [5, 5.41) is 0. The van der Waals surface area contributed by atoms with Gasteiger partial charge >= 0.3 is 11.9 Å². The fraction of sp³-hybridized carbons (Fsp3) is 0.250. The molecule has 1 unspecified atom stereocenters. The monoisotopic (exact) mass is 372 g/mol. The lowest BCUT2D eigenvalue weighted by atomic mass is 10.1. The average Bonchev–Trinajstić information content (AvgIpc) is 2.65.